The van der Waals surface area contributed by atoms with Crippen molar-refractivity contribution in [2.24, 2.45) is 4.99 Å². The lowest BCUT2D eigenvalue weighted by molar-refractivity contribution is 0.0526. The molecule has 0 saturated heterocycles. The quantitative estimate of drug-likeness (QED) is 0.150. The molecule has 43 heavy (non-hydrogen) atoms. The van der Waals surface area contributed by atoms with E-state index < -0.39 is 17.4 Å². The number of hydrogen-bond donors (Lipinski definition) is 1. The van der Waals surface area contributed by atoms with E-state index in [2.05, 4.69) is 4.99 Å². The number of thiazole rings is 1. The topological polar surface area (TPSA) is 127 Å². The van der Waals surface area contributed by atoms with Crippen LogP contribution in [0.4, 0.5) is 5.69 Å². The van der Waals surface area contributed by atoms with Gasteiger partial charge in [-0.2, -0.15) is 5.26 Å². The van der Waals surface area contributed by atoms with Crippen molar-refractivity contribution in [3.05, 3.63) is 122 Å². The summed E-state index contributed by atoms with van der Waals surface area (Å²) in [6.45, 7) is 2.03. The lowest BCUT2D eigenvalue weighted by atomic mass is 10.1. The van der Waals surface area contributed by atoms with E-state index in [4.69, 9.17) is 13.9 Å². The maximum absolute atomic E-state index is 13.7. The first kappa shape index (κ1) is 28.9. The number of carbonyl (C=O) groups excluding carboxylic acids is 1. The van der Waals surface area contributed by atoms with Gasteiger partial charge in [0, 0.05) is 11.6 Å². The number of para-hydroxylation sites is 3. The highest BCUT2D eigenvalue weighted by Gasteiger charge is 2.16. The molecule has 0 aliphatic heterocycles. The van der Waals surface area contributed by atoms with Gasteiger partial charge in [-0.1, -0.05) is 42.5 Å². The number of rotatable bonds is 8. The van der Waals surface area contributed by atoms with E-state index >= 15 is 0 Å². The SMILES string of the molecule is CCOC(=O)c1ccc(-c2ccc(/C=c3\s/c(=C(/C#N)C(O)=Nc4ccccc4OC)n(-c4ccccc4)c3=O)o2)cc1. The summed E-state index contributed by atoms with van der Waals surface area (Å²) in [5, 5.41) is 21.1. The molecule has 0 atom stereocenters. The highest BCUT2D eigenvalue weighted by molar-refractivity contribution is 7.07. The summed E-state index contributed by atoms with van der Waals surface area (Å²) >= 11 is 1.02. The van der Waals surface area contributed by atoms with Gasteiger partial charge >= 0.3 is 5.97 Å². The maximum Gasteiger partial charge on any atom is 0.338 e. The molecule has 0 fully saturated rings. The van der Waals surface area contributed by atoms with Crippen LogP contribution in [-0.2, 0) is 4.74 Å². The molecule has 0 saturated carbocycles. The van der Waals surface area contributed by atoms with Gasteiger partial charge in [0.25, 0.3) is 5.56 Å². The monoisotopic (exact) mass is 591 g/mol. The lowest BCUT2D eigenvalue weighted by Crippen LogP contribution is -2.31. The number of aliphatic hydroxyl groups is 1. The van der Waals surface area contributed by atoms with Crippen molar-refractivity contribution in [3.8, 4) is 28.8 Å². The van der Waals surface area contributed by atoms with Crippen molar-refractivity contribution in [2.45, 2.75) is 6.92 Å². The number of aliphatic hydroxyl groups excluding tert-OH is 1. The molecule has 1 N–H and O–H groups in total. The molecule has 0 aliphatic rings. The molecule has 5 rings (SSSR count). The van der Waals surface area contributed by atoms with Crippen LogP contribution in [0.15, 0.2) is 105 Å². The minimum absolute atomic E-state index is 0.182. The molecule has 0 aliphatic carbocycles. The highest BCUT2D eigenvalue weighted by atomic mass is 32.1. The second kappa shape index (κ2) is 12.9. The number of esters is 1. The van der Waals surface area contributed by atoms with Crippen LogP contribution in [0.3, 0.4) is 0 Å². The molecule has 0 bridgehead atoms. The van der Waals surface area contributed by atoms with Gasteiger partial charge in [-0.15, -0.1) is 11.3 Å². The number of aliphatic imine (C=N–C) groups is 1. The number of ether oxygens (including phenoxy) is 2. The first-order chi connectivity index (χ1) is 20.9. The predicted octanol–water partition coefficient (Wildman–Crippen LogP) is 5.14. The third kappa shape index (κ3) is 6.17. The largest absolute Gasteiger partial charge is 0.494 e. The van der Waals surface area contributed by atoms with Crippen LogP contribution >= 0.6 is 11.3 Å². The predicted molar refractivity (Wildman–Crippen MR) is 165 cm³/mol. The molecule has 0 spiro atoms. The first-order valence-corrected chi connectivity index (χ1v) is 14.0. The molecule has 10 heteroatoms. The molecular weight excluding hydrogens is 566 g/mol. The smallest absolute Gasteiger partial charge is 0.338 e. The average molecular weight is 592 g/mol. The van der Waals surface area contributed by atoms with Gasteiger partial charge in [-0.3, -0.25) is 9.36 Å². The Morgan fingerprint density at radius 2 is 1.77 bits per heavy atom. The Labute approximate surface area is 250 Å². The number of benzene rings is 3. The maximum atomic E-state index is 13.7. The van der Waals surface area contributed by atoms with E-state index in [0.717, 1.165) is 16.9 Å². The van der Waals surface area contributed by atoms with Gasteiger partial charge in [0.2, 0.25) is 5.90 Å². The van der Waals surface area contributed by atoms with E-state index in [0.29, 0.717) is 34.2 Å². The van der Waals surface area contributed by atoms with Crippen LogP contribution in [0.2, 0.25) is 0 Å². The standard InChI is InChI=1S/C33H25N3O6S/c1-3-41-33(39)22-15-13-21(14-16-22)27-18-17-24(42-27)19-29-31(38)36(23-9-5-4-6-10-23)32(43-29)25(20-34)30(37)35-26-11-7-8-12-28(26)40-2/h4-19H,3H2,1-2H3,(H,35,37)/b29-19-,32-25-. The third-order valence-electron chi connectivity index (χ3n) is 6.28. The van der Waals surface area contributed by atoms with Crippen LogP contribution < -0.4 is 19.5 Å². The number of nitriles is 1. The zero-order valence-electron chi connectivity index (χ0n) is 23.2. The molecule has 0 amide bonds. The van der Waals surface area contributed by atoms with Crippen molar-refractivity contribution in [1.82, 2.24) is 4.57 Å². The van der Waals surface area contributed by atoms with Crippen molar-refractivity contribution < 1.29 is 23.8 Å². The number of methoxy groups -OCH3 is 1. The van der Waals surface area contributed by atoms with E-state index in [1.54, 1.807) is 97.9 Å². The first-order valence-electron chi connectivity index (χ1n) is 13.1. The van der Waals surface area contributed by atoms with Crippen LogP contribution in [0.1, 0.15) is 23.0 Å². The molecule has 0 unspecified atom stereocenters. The van der Waals surface area contributed by atoms with Crippen LogP contribution in [0.25, 0.3) is 28.7 Å². The molecule has 2 aromatic heterocycles. The molecular formula is C33H25N3O6S. The highest BCUT2D eigenvalue weighted by Crippen LogP contribution is 2.27. The van der Waals surface area contributed by atoms with Crippen molar-refractivity contribution >= 4 is 40.5 Å². The number of carbonyl (C=O) groups is 1. The van der Waals surface area contributed by atoms with Crippen LogP contribution in [-0.4, -0.2) is 35.3 Å². The molecule has 5 aromatic rings. The Hall–Kier alpha value is -5.66. The molecule has 3 aromatic carbocycles. The fraction of sp³-hybridized carbons (Fsp3) is 0.0909. The number of furan rings is 1. The molecule has 214 valence electrons. The normalized spacial score (nSPS) is 12.5. The second-order valence-corrected chi connectivity index (χ2v) is 10.0. The summed E-state index contributed by atoms with van der Waals surface area (Å²) in [6.07, 6.45) is 1.58. The zero-order valence-corrected chi connectivity index (χ0v) is 24.0. The van der Waals surface area contributed by atoms with Gasteiger partial charge in [0.1, 0.15) is 39.3 Å². The summed E-state index contributed by atoms with van der Waals surface area (Å²) in [4.78, 5) is 29.9. The summed E-state index contributed by atoms with van der Waals surface area (Å²) in [5.41, 5.74) is 1.42. The fourth-order valence-corrected chi connectivity index (χ4v) is 5.33. The van der Waals surface area contributed by atoms with E-state index in [1.807, 2.05) is 12.1 Å². The van der Waals surface area contributed by atoms with Gasteiger partial charge < -0.3 is 19.0 Å². The van der Waals surface area contributed by atoms with E-state index in [9.17, 15) is 20.0 Å². The summed E-state index contributed by atoms with van der Waals surface area (Å²) in [6, 6.07) is 27.9. The summed E-state index contributed by atoms with van der Waals surface area (Å²) in [7, 11) is 1.48. The average Bonchev–Trinajstić information content (AvgIpc) is 3.63. The van der Waals surface area contributed by atoms with Crippen LogP contribution in [0, 0.1) is 11.3 Å². The zero-order chi connectivity index (χ0) is 30.3. The lowest BCUT2D eigenvalue weighted by Gasteiger charge is -2.05. The van der Waals surface area contributed by atoms with Gasteiger partial charge in [-0.25, -0.2) is 9.79 Å². The Morgan fingerprint density at radius 1 is 1.05 bits per heavy atom. The molecule has 9 nitrogen and oxygen atoms in total. The van der Waals surface area contributed by atoms with Crippen molar-refractivity contribution in [2.75, 3.05) is 13.7 Å². The number of aromatic nitrogens is 1. The minimum Gasteiger partial charge on any atom is -0.494 e. The second-order valence-electron chi connectivity index (χ2n) is 8.99. The van der Waals surface area contributed by atoms with Crippen molar-refractivity contribution in [1.29, 1.82) is 5.26 Å². The van der Waals surface area contributed by atoms with E-state index in [1.165, 1.54) is 11.7 Å². The van der Waals surface area contributed by atoms with Crippen molar-refractivity contribution in [3.63, 3.8) is 0 Å². The van der Waals surface area contributed by atoms with Gasteiger partial charge in [0.15, 0.2) is 0 Å². The Bertz CT molecular complexity index is 2030. The van der Waals surface area contributed by atoms with Crippen LogP contribution in [0.5, 0.6) is 5.75 Å². The fourth-order valence-electron chi connectivity index (χ4n) is 4.25. The Kier molecular flexibility index (Phi) is 8.65. The van der Waals surface area contributed by atoms with E-state index in [-0.39, 0.29) is 21.4 Å². The summed E-state index contributed by atoms with van der Waals surface area (Å²) in [5.74, 6) is 0.387. The number of hydrogen-bond acceptors (Lipinski definition) is 8. The van der Waals surface area contributed by atoms with Gasteiger partial charge in [0.05, 0.1) is 29.5 Å². The Morgan fingerprint density at radius 3 is 2.47 bits per heavy atom. The molecule has 0 radical (unpaired) electrons. The Balaban J connectivity index is 1.62. The third-order valence-corrected chi connectivity index (χ3v) is 7.37. The minimum atomic E-state index is -0.559. The summed E-state index contributed by atoms with van der Waals surface area (Å²) < 4.78 is 18.2. The number of nitrogens with zero attached hydrogens (tertiary/aromatic N) is 3. The van der Waals surface area contributed by atoms with Gasteiger partial charge in [-0.05, 0) is 55.5 Å². The molecule has 2 heterocycles.